The van der Waals surface area contributed by atoms with Crippen LogP contribution in [0, 0.1) is 23.2 Å². The van der Waals surface area contributed by atoms with Gasteiger partial charge in [0, 0.05) is 25.0 Å². The van der Waals surface area contributed by atoms with E-state index in [9.17, 15) is 9.59 Å². The Labute approximate surface area is 145 Å². The molecule has 0 radical (unpaired) electrons. The zero-order chi connectivity index (χ0) is 17.2. The first kappa shape index (κ1) is 17.6. The van der Waals surface area contributed by atoms with Crippen LogP contribution in [0.15, 0.2) is 0 Å². The number of methoxy groups -OCH3 is 1. The number of amides is 2. The van der Waals surface area contributed by atoms with E-state index < -0.39 is 6.09 Å². The minimum atomic E-state index is -0.456. The fourth-order valence-corrected chi connectivity index (χ4v) is 5.19. The molecule has 5 nitrogen and oxygen atoms in total. The maximum atomic E-state index is 12.7. The first-order valence-electron chi connectivity index (χ1n) is 9.67. The summed E-state index contributed by atoms with van der Waals surface area (Å²) in [5.41, 5.74) is 0.440. The maximum absolute atomic E-state index is 12.7. The summed E-state index contributed by atoms with van der Waals surface area (Å²) in [4.78, 5) is 26.0. The summed E-state index contributed by atoms with van der Waals surface area (Å²) in [6.45, 7) is 4.34. The molecule has 24 heavy (non-hydrogen) atoms. The average molecular weight is 336 g/mol. The largest absolute Gasteiger partial charge is 0.453 e. The molecular weight excluding hydrogens is 304 g/mol. The van der Waals surface area contributed by atoms with Crippen molar-refractivity contribution < 1.29 is 14.3 Å². The van der Waals surface area contributed by atoms with Crippen LogP contribution >= 0.6 is 0 Å². The summed E-state index contributed by atoms with van der Waals surface area (Å²) in [7, 11) is 1.35. The molecule has 3 fully saturated rings. The van der Waals surface area contributed by atoms with Crippen LogP contribution in [0.3, 0.4) is 0 Å². The maximum Gasteiger partial charge on any atom is 0.406 e. The average Bonchev–Trinajstić information content (AvgIpc) is 3.02. The molecule has 1 atom stereocenters. The molecule has 2 amide bonds. The molecule has 0 unspecified atom stereocenters. The van der Waals surface area contributed by atoms with Gasteiger partial charge in [0.25, 0.3) is 0 Å². The van der Waals surface area contributed by atoms with E-state index in [1.54, 1.807) is 0 Å². The SMILES string of the molecule is CCC[C@H](CNC(=O)OC)C(=O)N1CC2(CC(C3CCCC3)C2)C1. The summed E-state index contributed by atoms with van der Waals surface area (Å²) < 4.78 is 4.60. The Morgan fingerprint density at radius 3 is 2.46 bits per heavy atom. The van der Waals surface area contributed by atoms with Gasteiger partial charge in [-0.2, -0.15) is 0 Å². The Morgan fingerprint density at radius 1 is 1.21 bits per heavy atom. The molecule has 0 bridgehead atoms. The summed E-state index contributed by atoms with van der Waals surface area (Å²) >= 11 is 0. The predicted octanol–water partition coefficient (Wildman–Crippen LogP) is 3.19. The minimum absolute atomic E-state index is 0.114. The van der Waals surface area contributed by atoms with Gasteiger partial charge in [-0.25, -0.2) is 4.79 Å². The highest BCUT2D eigenvalue weighted by molar-refractivity contribution is 5.80. The van der Waals surface area contributed by atoms with Gasteiger partial charge in [0.1, 0.15) is 0 Å². The molecule has 1 aliphatic heterocycles. The lowest BCUT2D eigenvalue weighted by Gasteiger charge is -2.61. The van der Waals surface area contributed by atoms with Crippen molar-refractivity contribution in [1.82, 2.24) is 10.2 Å². The molecule has 0 aromatic rings. The van der Waals surface area contributed by atoms with E-state index in [2.05, 4.69) is 17.0 Å². The van der Waals surface area contributed by atoms with Crippen LogP contribution in [-0.2, 0) is 9.53 Å². The molecule has 3 aliphatic rings. The smallest absolute Gasteiger partial charge is 0.406 e. The summed E-state index contributed by atoms with van der Waals surface area (Å²) in [5, 5.41) is 2.69. The van der Waals surface area contributed by atoms with Gasteiger partial charge in [-0.05, 0) is 31.1 Å². The van der Waals surface area contributed by atoms with Crippen molar-refractivity contribution in [2.45, 2.75) is 58.3 Å². The van der Waals surface area contributed by atoms with Gasteiger partial charge < -0.3 is 15.0 Å². The van der Waals surface area contributed by atoms with Gasteiger partial charge in [-0.3, -0.25) is 4.79 Å². The topological polar surface area (TPSA) is 58.6 Å². The van der Waals surface area contributed by atoms with Crippen molar-refractivity contribution in [3.05, 3.63) is 0 Å². The number of carbonyl (C=O) groups excluding carboxylic acids is 2. The number of hydrogen-bond acceptors (Lipinski definition) is 3. The van der Waals surface area contributed by atoms with E-state index in [1.807, 2.05) is 4.90 Å². The van der Waals surface area contributed by atoms with Crippen LogP contribution < -0.4 is 5.32 Å². The zero-order valence-electron chi connectivity index (χ0n) is 15.2. The fraction of sp³-hybridized carbons (Fsp3) is 0.895. The monoisotopic (exact) mass is 336 g/mol. The highest BCUT2D eigenvalue weighted by atomic mass is 16.5. The minimum Gasteiger partial charge on any atom is -0.453 e. The summed E-state index contributed by atoms with van der Waals surface area (Å²) in [6, 6.07) is 0. The number of hydrogen-bond donors (Lipinski definition) is 1. The van der Waals surface area contributed by atoms with Crippen LogP contribution in [0.4, 0.5) is 4.79 Å². The fourth-order valence-electron chi connectivity index (χ4n) is 5.19. The van der Waals surface area contributed by atoms with E-state index in [1.165, 1.54) is 45.6 Å². The highest BCUT2D eigenvalue weighted by Gasteiger charge is 2.55. The van der Waals surface area contributed by atoms with Crippen LogP contribution in [0.5, 0.6) is 0 Å². The number of carbonyl (C=O) groups is 2. The first-order valence-corrected chi connectivity index (χ1v) is 9.67. The number of nitrogens with zero attached hydrogens (tertiary/aromatic N) is 1. The molecule has 0 aromatic heterocycles. The van der Waals surface area contributed by atoms with Gasteiger partial charge >= 0.3 is 6.09 Å². The third kappa shape index (κ3) is 3.55. The van der Waals surface area contributed by atoms with Crippen LogP contribution in [0.2, 0.25) is 0 Å². The quantitative estimate of drug-likeness (QED) is 0.810. The summed E-state index contributed by atoms with van der Waals surface area (Å²) in [6.07, 6.45) is 9.68. The molecule has 2 saturated carbocycles. The number of alkyl carbamates (subject to hydrolysis) is 1. The normalized spacial score (nSPS) is 24.3. The molecule has 136 valence electrons. The van der Waals surface area contributed by atoms with Gasteiger partial charge in [0.05, 0.1) is 13.0 Å². The number of rotatable bonds is 6. The molecular formula is C19H32N2O3. The molecule has 1 spiro atoms. The second kappa shape index (κ2) is 7.32. The lowest BCUT2D eigenvalue weighted by molar-refractivity contribution is -0.162. The Hall–Kier alpha value is -1.26. The van der Waals surface area contributed by atoms with Crippen LogP contribution in [-0.4, -0.2) is 43.6 Å². The Balaban J connectivity index is 1.43. The van der Waals surface area contributed by atoms with Crippen molar-refractivity contribution in [2.24, 2.45) is 23.2 Å². The Morgan fingerprint density at radius 2 is 1.88 bits per heavy atom. The van der Waals surface area contributed by atoms with E-state index >= 15 is 0 Å². The summed E-state index contributed by atoms with van der Waals surface area (Å²) in [5.74, 6) is 2.00. The van der Waals surface area contributed by atoms with Gasteiger partial charge in [0.2, 0.25) is 5.91 Å². The van der Waals surface area contributed by atoms with Crippen molar-refractivity contribution >= 4 is 12.0 Å². The van der Waals surface area contributed by atoms with Gasteiger partial charge in [0.15, 0.2) is 0 Å². The molecule has 3 rings (SSSR count). The van der Waals surface area contributed by atoms with E-state index in [4.69, 9.17) is 0 Å². The molecule has 0 aromatic carbocycles. The number of nitrogens with one attached hydrogen (secondary N) is 1. The van der Waals surface area contributed by atoms with Gasteiger partial charge in [-0.1, -0.05) is 39.0 Å². The van der Waals surface area contributed by atoms with E-state index in [0.29, 0.717) is 12.0 Å². The Bertz CT molecular complexity index is 459. The zero-order valence-corrected chi connectivity index (χ0v) is 15.2. The predicted molar refractivity (Wildman–Crippen MR) is 92.5 cm³/mol. The van der Waals surface area contributed by atoms with Crippen molar-refractivity contribution in [3.8, 4) is 0 Å². The van der Waals surface area contributed by atoms with E-state index in [-0.39, 0.29) is 11.8 Å². The highest BCUT2D eigenvalue weighted by Crippen LogP contribution is 2.56. The van der Waals surface area contributed by atoms with Gasteiger partial charge in [-0.15, -0.1) is 0 Å². The number of ether oxygens (including phenoxy) is 1. The van der Waals surface area contributed by atoms with Crippen LogP contribution in [0.25, 0.3) is 0 Å². The van der Waals surface area contributed by atoms with Crippen molar-refractivity contribution in [3.63, 3.8) is 0 Å². The lowest BCUT2D eigenvalue weighted by atomic mass is 9.54. The second-order valence-electron chi connectivity index (χ2n) is 8.27. The number of likely N-dealkylation sites (tertiary alicyclic amines) is 1. The second-order valence-corrected chi connectivity index (χ2v) is 8.27. The Kier molecular flexibility index (Phi) is 5.36. The lowest BCUT2D eigenvalue weighted by Crippen LogP contribution is -2.65. The third-order valence-corrected chi connectivity index (χ3v) is 6.49. The molecule has 1 N–H and O–H groups in total. The van der Waals surface area contributed by atoms with E-state index in [0.717, 1.165) is 37.8 Å². The first-order chi connectivity index (χ1) is 11.6. The standard InChI is InChI=1S/C19H32N2O3/c1-3-6-15(11-20-18(23)24-2)17(22)21-12-19(13-21)9-16(10-19)14-7-4-5-8-14/h14-16H,3-13H2,1-2H3,(H,20,23)/t15-/m1/s1. The van der Waals surface area contributed by atoms with Crippen molar-refractivity contribution in [1.29, 1.82) is 0 Å². The third-order valence-electron chi connectivity index (χ3n) is 6.49. The molecule has 1 heterocycles. The molecule has 2 aliphatic carbocycles. The van der Waals surface area contributed by atoms with Crippen molar-refractivity contribution in [2.75, 3.05) is 26.7 Å². The molecule has 5 heteroatoms. The molecule has 1 saturated heterocycles. The van der Waals surface area contributed by atoms with Crippen LogP contribution in [0.1, 0.15) is 58.3 Å².